The highest BCUT2D eigenvalue weighted by Gasteiger charge is 2.43. The molecule has 4 rings (SSSR count). The average molecular weight is 567 g/mol. The second kappa shape index (κ2) is 13.2. The summed E-state index contributed by atoms with van der Waals surface area (Å²) in [5.74, 6) is -1.16. The zero-order valence-corrected chi connectivity index (χ0v) is 23.3. The topological polar surface area (TPSA) is 57.0 Å². The van der Waals surface area contributed by atoms with Crippen molar-refractivity contribution in [2.45, 2.75) is 39.5 Å². The Balaban J connectivity index is 0.000000304. The molecular formula is C28H28Cl3F2N3O. The summed E-state index contributed by atoms with van der Waals surface area (Å²) in [4.78, 5) is 18.0. The molecule has 1 unspecified atom stereocenters. The van der Waals surface area contributed by atoms with Crippen LogP contribution in [0.25, 0.3) is 0 Å². The summed E-state index contributed by atoms with van der Waals surface area (Å²) < 4.78 is 26.5. The first-order valence-corrected chi connectivity index (χ1v) is 12.6. The summed E-state index contributed by atoms with van der Waals surface area (Å²) in [5.41, 5.74) is 0.0631. The molecule has 1 aliphatic heterocycles. The molecule has 1 saturated heterocycles. The van der Waals surface area contributed by atoms with E-state index in [9.17, 15) is 18.8 Å². The molecule has 2 heterocycles. The third-order valence-corrected chi connectivity index (χ3v) is 5.78. The number of halogens is 5. The number of likely N-dealkylation sites (tertiary alicyclic amines) is 1. The highest BCUT2D eigenvalue weighted by molar-refractivity contribution is 6.31. The fourth-order valence-corrected chi connectivity index (χ4v) is 3.76. The van der Waals surface area contributed by atoms with E-state index >= 15 is 0 Å². The number of rotatable bonds is 2. The largest absolute Gasteiger partial charge is 0.337 e. The van der Waals surface area contributed by atoms with Crippen LogP contribution in [0.4, 0.5) is 8.78 Å². The van der Waals surface area contributed by atoms with Gasteiger partial charge in [0.2, 0.25) is 0 Å². The van der Waals surface area contributed by atoms with Gasteiger partial charge >= 0.3 is 0 Å². The minimum absolute atomic E-state index is 0.115. The van der Waals surface area contributed by atoms with E-state index in [0.717, 1.165) is 0 Å². The van der Waals surface area contributed by atoms with Crippen molar-refractivity contribution in [3.63, 3.8) is 0 Å². The van der Waals surface area contributed by atoms with Crippen molar-refractivity contribution < 1.29 is 13.6 Å². The number of amides is 1. The summed E-state index contributed by atoms with van der Waals surface area (Å²) in [5, 5.41) is 10.4. The second-order valence-electron chi connectivity index (χ2n) is 10.1. The fourth-order valence-electron chi connectivity index (χ4n) is 3.36. The quantitative estimate of drug-likeness (QED) is 0.293. The molecule has 1 aromatic heterocycles. The Bertz CT molecular complexity index is 1230. The molecule has 0 aliphatic carbocycles. The van der Waals surface area contributed by atoms with Crippen molar-refractivity contribution in [3.8, 4) is 6.07 Å². The van der Waals surface area contributed by atoms with Gasteiger partial charge in [-0.25, -0.2) is 13.8 Å². The highest BCUT2D eigenvalue weighted by Crippen LogP contribution is 2.37. The van der Waals surface area contributed by atoms with Crippen LogP contribution in [0.2, 0.25) is 15.2 Å². The Labute approximate surface area is 231 Å². The number of pyridine rings is 1. The monoisotopic (exact) mass is 565 g/mol. The summed E-state index contributed by atoms with van der Waals surface area (Å²) >= 11 is 16.8. The zero-order chi connectivity index (χ0) is 27.8. The Kier molecular flexibility index (Phi) is 10.9. The normalized spacial score (nSPS) is 16.6. The maximum Gasteiger partial charge on any atom is 0.255 e. The van der Waals surface area contributed by atoms with Crippen LogP contribution in [-0.4, -0.2) is 28.9 Å². The van der Waals surface area contributed by atoms with Crippen LogP contribution in [-0.2, 0) is 5.41 Å². The maximum atomic E-state index is 14.3. The van der Waals surface area contributed by atoms with Gasteiger partial charge in [0.1, 0.15) is 22.2 Å². The lowest BCUT2D eigenvalue weighted by atomic mass is 9.81. The summed E-state index contributed by atoms with van der Waals surface area (Å²) in [6.45, 7) is 9.22. The van der Waals surface area contributed by atoms with Crippen LogP contribution in [0.15, 0.2) is 60.8 Å². The minimum atomic E-state index is -1.08. The molecule has 2 aromatic carbocycles. The second-order valence-corrected chi connectivity index (χ2v) is 11.3. The van der Waals surface area contributed by atoms with E-state index in [1.165, 1.54) is 41.4 Å². The van der Waals surface area contributed by atoms with Gasteiger partial charge in [-0.15, -0.1) is 0 Å². The van der Waals surface area contributed by atoms with Gasteiger partial charge < -0.3 is 4.90 Å². The molecule has 196 valence electrons. The Morgan fingerprint density at radius 1 is 1.03 bits per heavy atom. The van der Waals surface area contributed by atoms with Crippen LogP contribution >= 0.6 is 34.8 Å². The molecule has 1 atom stereocenters. The van der Waals surface area contributed by atoms with Gasteiger partial charge in [-0.05, 0) is 48.2 Å². The first-order valence-electron chi connectivity index (χ1n) is 11.4. The molecular weight excluding hydrogens is 539 g/mol. The molecule has 0 spiro atoms. The first kappa shape index (κ1) is 30.5. The van der Waals surface area contributed by atoms with E-state index in [1.807, 2.05) is 0 Å². The Morgan fingerprint density at radius 3 is 2.16 bits per heavy atom. The smallest absolute Gasteiger partial charge is 0.255 e. The van der Waals surface area contributed by atoms with E-state index in [1.54, 1.807) is 24.3 Å². The highest BCUT2D eigenvalue weighted by atomic mass is 35.5. The molecule has 0 radical (unpaired) electrons. The molecule has 0 N–H and O–H groups in total. The van der Waals surface area contributed by atoms with E-state index in [-0.39, 0.29) is 33.9 Å². The van der Waals surface area contributed by atoms with Crippen molar-refractivity contribution in [2.75, 3.05) is 13.1 Å². The van der Waals surface area contributed by atoms with Gasteiger partial charge in [0.15, 0.2) is 0 Å². The maximum absolute atomic E-state index is 14.3. The van der Waals surface area contributed by atoms with Crippen LogP contribution in [0.5, 0.6) is 0 Å². The molecule has 37 heavy (non-hydrogen) atoms. The van der Waals surface area contributed by atoms with Crippen molar-refractivity contribution in [2.24, 2.45) is 5.41 Å². The van der Waals surface area contributed by atoms with Gasteiger partial charge in [-0.2, -0.15) is 5.26 Å². The number of aromatic nitrogens is 1. The zero-order valence-electron chi connectivity index (χ0n) is 21.0. The number of hydrogen-bond donors (Lipinski definition) is 0. The lowest BCUT2D eigenvalue weighted by Crippen LogP contribution is -2.34. The van der Waals surface area contributed by atoms with Crippen LogP contribution in [0, 0.1) is 28.4 Å². The summed E-state index contributed by atoms with van der Waals surface area (Å²) in [6, 6.07) is 15.7. The van der Waals surface area contributed by atoms with Gasteiger partial charge in [0, 0.05) is 29.9 Å². The third kappa shape index (κ3) is 9.27. The number of carbonyl (C=O) groups excluding carboxylic acids is 1. The molecule has 0 bridgehead atoms. The van der Waals surface area contributed by atoms with E-state index in [2.05, 4.69) is 38.7 Å². The van der Waals surface area contributed by atoms with E-state index in [4.69, 9.17) is 34.8 Å². The molecule has 1 amide bonds. The van der Waals surface area contributed by atoms with Crippen molar-refractivity contribution >= 4 is 40.7 Å². The standard InChI is InChI=1S/C17H12Cl2FN3O.C6H4ClF.C5H12/c18-12-2-3-13(14(20)7-12)17(9-21)5-6-23(10-17)16(24)11-1-4-15(19)22-8-11;7-5-3-1-2-4-6(5)8;1-5(2,3)4/h1-4,7-8H,5-6,10H2;1-4H;1-4H3. The number of benzene rings is 2. The number of hydrogen-bond acceptors (Lipinski definition) is 3. The predicted octanol–water partition coefficient (Wildman–Crippen LogP) is 8.37. The number of nitriles is 1. The molecule has 1 fully saturated rings. The summed E-state index contributed by atoms with van der Waals surface area (Å²) in [7, 11) is 0. The summed E-state index contributed by atoms with van der Waals surface area (Å²) in [6.07, 6.45) is 1.74. The predicted molar refractivity (Wildman–Crippen MR) is 145 cm³/mol. The average Bonchev–Trinajstić information content (AvgIpc) is 3.26. The van der Waals surface area contributed by atoms with Crippen molar-refractivity contribution in [1.29, 1.82) is 5.26 Å². The SMILES string of the molecule is CC(C)(C)C.Fc1ccccc1Cl.N#CC1(c2ccc(Cl)cc2F)CCN(C(=O)c2ccc(Cl)nc2)C1. The lowest BCUT2D eigenvalue weighted by Gasteiger charge is -2.23. The van der Waals surface area contributed by atoms with Crippen molar-refractivity contribution in [1.82, 2.24) is 9.88 Å². The lowest BCUT2D eigenvalue weighted by molar-refractivity contribution is 0.0786. The Hall–Kier alpha value is -2.72. The van der Waals surface area contributed by atoms with Gasteiger partial charge in [0.05, 0.1) is 16.7 Å². The molecule has 0 saturated carbocycles. The minimum Gasteiger partial charge on any atom is -0.337 e. The van der Waals surface area contributed by atoms with E-state index in [0.29, 0.717) is 29.1 Å². The number of nitrogens with zero attached hydrogens (tertiary/aromatic N) is 3. The Morgan fingerprint density at radius 2 is 1.68 bits per heavy atom. The van der Waals surface area contributed by atoms with Gasteiger partial charge in [-0.3, -0.25) is 4.79 Å². The molecule has 9 heteroatoms. The van der Waals surface area contributed by atoms with Crippen LogP contribution in [0.3, 0.4) is 0 Å². The van der Waals surface area contributed by atoms with Crippen LogP contribution in [0.1, 0.15) is 50.0 Å². The third-order valence-electron chi connectivity index (χ3n) is 5.02. The molecule has 1 aliphatic rings. The number of carbonyl (C=O) groups is 1. The van der Waals surface area contributed by atoms with Crippen LogP contribution < -0.4 is 0 Å². The first-order chi connectivity index (χ1) is 17.3. The van der Waals surface area contributed by atoms with Gasteiger partial charge in [0.25, 0.3) is 5.91 Å². The fraction of sp³-hybridized carbons (Fsp3) is 0.321. The molecule has 3 aromatic rings. The van der Waals surface area contributed by atoms with Crippen molar-refractivity contribution in [3.05, 3.63) is 98.8 Å². The molecule has 4 nitrogen and oxygen atoms in total. The van der Waals surface area contributed by atoms with E-state index < -0.39 is 11.2 Å². The van der Waals surface area contributed by atoms with Gasteiger partial charge in [-0.1, -0.05) is 80.7 Å².